The number of ether oxygens (including phenoxy) is 2. The number of alkyl carbamates (subject to hydrolysis) is 1. The minimum Gasteiger partial charge on any atom is -0.444 e. The zero-order valence-corrected chi connectivity index (χ0v) is 17.2. The fourth-order valence-corrected chi connectivity index (χ4v) is 2.84. The van der Waals surface area contributed by atoms with Crippen LogP contribution in [0, 0.1) is 5.41 Å². The Morgan fingerprint density at radius 1 is 1.33 bits per heavy atom. The molecule has 0 aromatic carbocycles. The third-order valence-electron chi connectivity index (χ3n) is 4.10. The summed E-state index contributed by atoms with van der Waals surface area (Å²) < 4.78 is 12.6. The van der Waals surface area contributed by atoms with E-state index < -0.39 is 23.2 Å². The van der Waals surface area contributed by atoms with Gasteiger partial charge in [-0.1, -0.05) is 20.8 Å². The first kappa shape index (κ1) is 21.2. The van der Waals surface area contributed by atoms with Gasteiger partial charge >= 0.3 is 6.09 Å². The number of rotatable bonds is 5. The van der Waals surface area contributed by atoms with Crippen LogP contribution in [0.5, 0.6) is 0 Å². The number of carbonyl (C=O) groups is 2. The summed E-state index contributed by atoms with van der Waals surface area (Å²) in [5.41, 5.74) is -0.542. The molecule has 0 aliphatic carbocycles. The zero-order valence-electron chi connectivity index (χ0n) is 17.2. The molecule has 0 bridgehead atoms. The minimum atomic E-state index is -0.756. The van der Waals surface area contributed by atoms with Gasteiger partial charge in [0.2, 0.25) is 5.91 Å². The first-order valence-electron chi connectivity index (χ1n) is 9.38. The molecule has 2 atom stereocenters. The van der Waals surface area contributed by atoms with Crippen LogP contribution in [0.1, 0.15) is 54.4 Å². The Morgan fingerprint density at radius 2 is 2.04 bits per heavy atom. The van der Waals surface area contributed by atoms with E-state index in [1.807, 2.05) is 20.8 Å². The highest BCUT2D eigenvalue weighted by Crippen LogP contribution is 2.22. The monoisotopic (exact) mass is 380 g/mol. The molecule has 8 heteroatoms. The fraction of sp³-hybridized carbons (Fsp3) is 0.737. The Kier molecular flexibility index (Phi) is 6.51. The van der Waals surface area contributed by atoms with Crippen molar-refractivity contribution in [1.82, 2.24) is 15.1 Å². The molecule has 1 fully saturated rings. The molecule has 0 radical (unpaired) electrons. The predicted octanol–water partition coefficient (Wildman–Crippen LogP) is 2.94. The SMILES string of the molecule is CC(C)(C)OC(=O)N[C@H](C(=O)Nc1cnn(CC2CCCO2)c1)C(C)(C)C. The van der Waals surface area contributed by atoms with Crippen molar-refractivity contribution in [3.63, 3.8) is 0 Å². The average molecular weight is 380 g/mol. The van der Waals surface area contributed by atoms with Crippen LogP contribution in [0.4, 0.5) is 10.5 Å². The molecule has 0 saturated carbocycles. The molecule has 1 aliphatic rings. The van der Waals surface area contributed by atoms with Gasteiger partial charge in [-0.15, -0.1) is 0 Å². The Morgan fingerprint density at radius 3 is 2.59 bits per heavy atom. The number of amides is 2. The van der Waals surface area contributed by atoms with Crippen molar-refractivity contribution < 1.29 is 19.1 Å². The lowest BCUT2D eigenvalue weighted by Gasteiger charge is -2.31. The Labute approximate surface area is 161 Å². The first-order chi connectivity index (χ1) is 12.4. The van der Waals surface area contributed by atoms with Crippen molar-refractivity contribution >= 4 is 17.7 Å². The molecule has 0 spiro atoms. The van der Waals surface area contributed by atoms with Crippen molar-refractivity contribution in [3.05, 3.63) is 12.4 Å². The van der Waals surface area contributed by atoms with Gasteiger partial charge in [0.15, 0.2) is 0 Å². The second-order valence-corrected chi connectivity index (χ2v) is 9.02. The van der Waals surface area contributed by atoms with Gasteiger partial charge in [0, 0.05) is 12.8 Å². The summed E-state index contributed by atoms with van der Waals surface area (Å²) in [6.07, 6.45) is 5.01. The zero-order chi connectivity index (χ0) is 20.2. The lowest BCUT2D eigenvalue weighted by molar-refractivity contribution is -0.120. The molecule has 2 amide bonds. The lowest BCUT2D eigenvalue weighted by atomic mass is 9.86. The smallest absolute Gasteiger partial charge is 0.408 e. The minimum absolute atomic E-state index is 0.171. The van der Waals surface area contributed by atoms with Crippen LogP contribution in [0.15, 0.2) is 12.4 Å². The summed E-state index contributed by atoms with van der Waals surface area (Å²) in [5.74, 6) is -0.315. The number of nitrogens with one attached hydrogen (secondary N) is 2. The average Bonchev–Trinajstić information content (AvgIpc) is 3.14. The number of hydrogen-bond acceptors (Lipinski definition) is 5. The first-order valence-corrected chi connectivity index (χ1v) is 9.38. The number of hydrogen-bond donors (Lipinski definition) is 2. The second kappa shape index (κ2) is 8.29. The Bertz CT molecular complexity index is 651. The van der Waals surface area contributed by atoms with E-state index in [0.717, 1.165) is 19.4 Å². The summed E-state index contributed by atoms with van der Waals surface area (Å²) in [5, 5.41) is 9.78. The van der Waals surface area contributed by atoms with Crippen molar-refractivity contribution in [2.24, 2.45) is 5.41 Å². The van der Waals surface area contributed by atoms with Crippen molar-refractivity contribution in [2.45, 2.75) is 78.7 Å². The van der Waals surface area contributed by atoms with E-state index in [0.29, 0.717) is 12.2 Å². The maximum atomic E-state index is 12.8. The predicted molar refractivity (Wildman–Crippen MR) is 102 cm³/mol. The van der Waals surface area contributed by atoms with Gasteiger partial charge in [-0.2, -0.15) is 5.10 Å². The molecular weight excluding hydrogens is 348 g/mol. The van der Waals surface area contributed by atoms with Gasteiger partial charge in [0.05, 0.1) is 24.5 Å². The molecule has 2 heterocycles. The maximum absolute atomic E-state index is 12.8. The second-order valence-electron chi connectivity index (χ2n) is 9.02. The van der Waals surface area contributed by atoms with E-state index in [4.69, 9.17) is 9.47 Å². The molecule has 2 rings (SSSR count). The quantitative estimate of drug-likeness (QED) is 0.819. The number of nitrogens with zero attached hydrogens (tertiary/aromatic N) is 2. The highest BCUT2D eigenvalue weighted by atomic mass is 16.6. The molecule has 1 aromatic rings. The van der Waals surface area contributed by atoms with Crippen LogP contribution in [0.2, 0.25) is 0 Å². The topological polar surface area (TPSA) is 94.5 Å². The van der Waals surface area contributed by atoms with Crippen LogP contribution in [0.25, 0.3) is 0 Å². The van der Waals surface area contributed by atoms with Gasteiger partial charge < -0.3 is 20.1 Å². The largest absolute Gasteiger partial charge is 0.444 e. The van der Waals surface area contributed by atoms with Crippen molar-refractivity contribution in [1.29, 1.82) is 0 Å². The number of carbonyl (C=O) groups excluding carboxylic acids is 2. The van der Waals surface area contributed by atoms with Crippen LogP contribution in [0.3, 0.4) is 0 Å². The van der Waals surface area contributed by atoms with Gasteiger partial charge in [-0.25, -0.2) is 4.79 Å². The Balaban J connectivity index is 1.99. The summed E-state index contributed by atoms with van der Waals surface area (Å²) in [6.45, 7) is 12.4. The summed E-state index contributed by atoms with van der Waals surface area (Å²) in [7, 11) is 0. The van der Waals surface area contributed by atoms with E-state index in [-0.39, 0.29) is 12.0 Å². The molecule has 2 N–H and O–H groups in total. The maximum Gasteiger partial charge on any atom is 0.408 e. The molecule has 1 saturated heterocycles. The molecule has 27 heavy (non-hydrogen) atoms. The molecule has 1 unspecified atom stereocenters. The summed E-state index contributed by atoms with van der Waals surface area (Å²) in [6, 6.07) is -0.756. The van der Waals surface area contributed by atoms with Crippen LogP contribution < -0.4 is 10.6 Å². The fourth-order valence-electron chi connectivity index (χ4n) is 2.84. The molecular formula is C19H32N4O4. The molecule has 1 aromatic heterocycles. The van der Waals surface area contributed by atoms with E-state index in [9.17, 15) is 9.59 Å². The van der Waals surface area contributed by atoms with Crippen LogP contribution in [-0.2, 0) is 20.8 Å². The van der Waals surface area contributed by atoms with Gasteiger partial charge in [-0.3, -0.25) is 9.48 Å². The molecule has 1 aliphatic heterocycles. The third-order valence-corrected chi connectivity index (χ3v) is 4.10. The van der Waals surface area contributed by atoms with Crippen molar-refractivity contribution in [2.75, 3.05) is 11.9 Å². The van der Waals surface area contributed by atoms with Gasteiger partial charge in [0.25, 0.3) is 0 Å². The summed E-state index contributed by atoms with van der Waals surface area (Å²) in [4.78, 5) is 24.9. The van der Waals surface area contributed by atoms with Gasteiger partial charge in [-0.05, 0) is 39.0 Å². The summed E-state index contributed by atoms with van der Waals surface area (Å²) >= 11 is 0. The van der Waals surface area contributed by atoms with Crippen LogP contribution >= 0.6 is 0 Å². The normalized spacial score (nSPS) is 18.8. The number of aromatic nitrogens is 2. The van der Waals surface area contributed by atoms with E-state index in [1.54, 1.807) is 37.8 Å². The molecule has 152 valence electrons. The Hall–Kier alpha value is -2.09. The number of anilines is 1. The molecule has 8 nitrogen and oxygen atoms in total. The van der Waals surface area contributed by atoms with E-state index in [1.165, 1.54) is 0 Å². The lowest BCUT2D eigenvalue weighted by Crippen LogP contribution is -2.52. The highest BCUT2D eigenvalue weighted by molar-refractivity contribution is 5.96. The van der Waals surface area contributed by atoms with E-state index in [2.05, 4.69) is 15.7 Å². The van der Waals surface area contributed by atoms with Crippen LogP contribution in [-0.4, -0.2) is 46.1 Å². The van der Waals surface area contributed by atoms with Crippen molar-refractivity contribution in [3.8, 4) is 0 Å². The highest BCUT2D eigenvalue weighted by Gasteiger charge is 2.34. The van der Waals surface area contributed by atoms with E-state index >= 15 is 0 Å². The third kappa shape index (κ3) is 6.86. The standard InChI is InChI=1S/C19H32N4O4/c1-18(2,3)15(22-17(25)27-19(4,5)6)16(24)21-13-10-20-23(11-13)12-14-8-7-9-26-14/h10-11,14-15H,7-9,12H2,1-6H3,(H,21,24)(H,22,25)/t14?,15-/m1/s1. The van der Waals surface area contributed by atoms with Gasteiger partial charge in [0.1, 0.15) is 11.6 Å².